The molecule has 0 unspecified atom stereocenters. The predicted octanol–water partition coefficient (Wildman–Crippen LogP) is 4.11. The van der Waals surface area contributed by atoms with Crippen molar-refractivity contribution < 1.29 is 23.5 Å². The van der Waals surface area contributed by atoms with E-state index in [1.807, 2.05) is 51.1 Å². The van der Waals surface area contributed by atoms with E-state index in [0.29, 0.717) is 22.9 Å². The predicted molar refractivity (Wildman–Crippen MR) is 120 cm³/mol. The van der Waals surface area contributed by atoms with E-state index in [9.17, 15) is 9.59 Å². The lowest BCUT2D eigenvalue weighted by Gasteiger charge is -2.35. The molecule has 2 atom stereocenters. The van der Waals surface area contributed by atoms with Crippen LogP contribution in [-0.2, 0) is 9.59 Å². The number of nitrogens with one attached hydrogen (secondary N) is 1. The van der Waals surface area contributed by atoms with Gasteiger partial charge in [0.1, 0.15) is 12.4 Å². The van der Waals surface area contributed by atoms with Gasteiger partial charge in [-0.1, -0.05) is 30.3 Å². The van der Waals surface area contributed by atoms with Gasteiger partial charge in [0.25, 0.3) is 11.8 Å². The van der Waals surface area contributed by atoms with E-state index in [-0.39, 0.29) is 12.5 Å². The minimum Gasteiger partial charge on any atom is -0.485 e. The van der Waals surface area contributed by atoms with Gasteiger partial charge in [0, 0.05) is 11.2 Å². The van der Waals surface area contributed by atoms with Gasteiger partial charge in [-0.05, 0) is 57.2 Å². The highest BCUT2D eigenvalue weighted by molar-refractivity contribution is 6.03. The molecule has 0 spiro atoms. The standard InChI is InChI=1S/C25H26N2O5/c1-25(2,3)26-23(28)22(20-14-9-15-30-20)27(17-10-5-4-6-11-17)24(29)21-16-31-18-12-7-8-13-19(18)32-21/h4-15,21-22H,16H2,1-3H3,(H,26,28)/t21-,22+/m1/s1. The van der Waals surface area contributed by atoms with Crippen LogP contribution in [0.5, 0.6) is 11.5 Å². The number of hydrogen-bond acceptors (Lipinski definition) is 5. The molecule has 32 heavy (non-hydrogen) atoms. The molecule has 3 aromatic rings. The number of hydrogen-bond donors (Lipinski definition) is 1. The number of rotatable bonds is 5. The number of carbonyl (C=O) groups excluding carboxylic acids is 2. The van der Waals surface area contributed by atoms with Crippen LogP contribution in [0.4, 0.5) is 5.69 Å². The van der Waals surface area contributed by atoms with Crippen LogP contribution in [0.1, 0.15) is 32.6 Å². The molecular formula is C25H26N2O5. The van der Waals surface area contributed by atoms with Crippen LogP contribution >= 0.6 is 0 Å². The SMILES string of the molecule is CC(C)(C)NC(=O)[C@H](c1ccco1)N(C(=O)[C@H]1COc2ccccc2O1)c1ccccc1. The molecule has 166 valence electrons. The van der Waals surface area contributed by atoms with Crippen molar-refractivity contribution in [2.75, 3.05) is 11.5 Å². The average Bonchev–Trinajstić information content (AvgIpc) is 3.30. The number of fused-ring (bicyclic) bond motifs is 1. The number of furan rings is 1. The molecule has 2 aromatic carbocycles. The fraction of sp³-hybridized carbons (Fsp3) is 0.280. The third-order valence-corrected chi connectivity index (χ3v) is 4.87. The minimum atomic E-state index is -1.03. The summed E-state index contributed by atoms with van der Waals surface area (Å²) in [6.45, 7) is 5.68. The Bertz CT molecular complexity index is 1070. The summed E-state index contributed by atoms with van der Waals surface area (Å²) in [5.74, 6) is 0.647. The first-order valence-electron chi connectivity index (χ1n) is 10.5. The van der Waals surface area contributed by atoms with Crippen LogP contribution in [0.2, 0.25) is 0 Å². The second-order valence-electron chi connectivity index (χ2n) is 8.57. The summed E-state index contributed by atoms with van der Waals surface area (Å²) < 4.78 is 17.3. The van der Waals surface area contributed by atoms with Crippen molar-refractivity contribution in [1.82, 2.24) is 5.32 Å². The smallest absolute Gasteiger partial charge is 0.272 e. The number of ether oxygens (including phenoxy) is 2. The van der Waals surface area contributed by atoms with Crippen molar-refractivity contribution in [3.8, 4) is 11.5 Å². The van der Waals surface area contributed by atoms with Gasteiger partial charge in [-0.25, -0.2) is 0 Å². The Balaban J connectivity index is 1.74. The van der Waals surface area contributed by atoms with Crippen molar-refractivity contribution in [3.05, 3.63) is 78.8 Å². The number of carbonyl (C=O) groups is 2. The molecule has 1 aliphatic rings. The normalized spacial score (nSPS) is 16.2. The number of benzene rings is 2. The van der Waals surface area contributed by atoms with E-state index in [1.54, 1.807) is 36.4 Å². The highest BCUT2D eigenvalue weighted by Crippen LogP contribution is 2.34. The summed E-state index contributed by atoms with van der Waals surface area (Å²) in [7, 11) is 0. The summed E-state index contributed by atoms with van der Waals surface area (Å²) in [6.07, 6.45) is 0.557. The summed E-state index contributed by atoms with van der Waals surface area (Å²) in [6, 6.07) is 18.5. The van der Waals surface area contributed by atoms with Gasteiger partial charge < -0.3 is 19.2 Å². The molecule has 2 heterocycles. The molecule has 0 saturated heterocycles. The van der Waals surface area contributed by atoms with Gasteiger partial charge >= 0.3 is 0 Å². The van der Waals surface area contributed by atoms with Gasteiger partial charge in [-0.15, -0.1) is 0 Å². The van der Waals surface area contributed by atoms with Gasteiger partial charge in [-0.2, -0.15) is 0 Å². The lowest BCUT2D eigenvalue weighted by Crippen LogP contribution is -2.53. The Morgan fingerprint density at radius 2 is 1.66 bits per heavy atom. The summed E-state index contributed by atoms with van der Waals surface area (Å²) in [4.78, 5) is 28.7. The number of para-hydroxylation sites is 3. The highest BCUT2D eigenvalue weighted by Gasteiger charge is 2.41. The molecule has 1 aliphatic heterocycles. The maximum Gasteiger partial charge on any atom is 0.272 e. The van der Waals surface area contributed by atoms with E-state index >= 15 is 0 Å². The Labute approximate surface area is 186 Å². The molecule has 7 nitrogen and oxygen atoms in total. The molecule has 0 saturated carbocycles. The van der Waals surface area contributed by atoms with E-state index in [1.165, 1.54) is 11.2 Å². The maximum atomic E-state index is 13.8. The highest BCUT2D eigenvalue weighted by atomic mass is 16.6. The largest absolute Gasteiger partial charge is 0.485 e. The molecule has 0 fully saturated rings. The van der Waals surface area contributed by atoms with Crippen molar-refractivity contribution in [1.29, 1.82) is 0 Å². The maximum absolute atomic E-state index is 13.8. The molecule has 2 amide bonds. The summed E-state index contributed by atoms with van der Waals surface area (Å²) >= 11 is 0. The number of nitrogens with zero attached hydrogens (tertiary/aromatic N) is 1. The van der Waals surface area contributed by atoms with Gasteiger partial charge in [-0.3, -0.25) is 14.5 Å². The van der Waals surface area contributed by atoms with Crippen LogP contribution in [-0.4, -0.2) is 30.1 Å². The zero-order valence-corrected chi connectivity index (χ0v) is 18.3. The summed E-state index contributed by atoms with van der Waals surface area (Å²) in [5.41, 5.74) is 0.0434. The lowest BCUT2D eigenvalue weighted by molar-refractivity contribution is -0.132. The second kappa shape index (κ2) is 8.78. The van der Waals surface area contributed by atoms with Crippen molar-refractivity contribution in [2.24, 2.45) is 0 Å². The third kappa shape index (κ3) is 4.61. The van der Waals surface area contributed by atoms with Gasteiger partial charge in [0.05, 0.1) is 6.26 Å². The Hall–Kier alpha value is -3.74. The Kier molecular flexibility index (Phi) is 5.90. The summed E-state index contributed by atoms with van der Waals surface area (Å²) in [5, 5.41) is 2.97. The first-order valence-corrected chi connectivity index (χ1v) is 10.5. The first kappa shape index (κ1) is 21.5. The number of anilines is 1. The van der Waals surface area contributed by atoms with E-state index in [2.05, 4.69) is 5.32 Å². The lowest BCUT2D eigenvalue weighted by atomic mass is 10.0. The fourth-order valence-corrected chi connectivity index (χ4v) is 3.55. The Morgan fingerprint density at radius 3 is 2.31 bits per heavy atom. The molecule has 1 N–H and O–H groups in total. The zero-order chi connectivity index (χ0) is 22.7. The van der Waals surface area contributed by atoms with Crippen LogP contribution < -0.4 is 19.7 Å². The molecular weight excluding hydrogens is 408 g/mol. The molecule has 1 aromatic heterocycles. The molecule has 7 heteroatoms. The van der Waals surface area contributed by atoms with Crippen LogP contribution in [0.25, 0.3) is 0 Å². The third-order valence-electron chi connectivity index (χ3n) is 4.87. The van der Waals surface area contributed by atoms with E-state index in [0.717, 1.165) is 0 Å². The minimum absolute atomic E-state index is 0.0327. The monoisotopic (exact) mass is 434 g/mol. The molecule has 4 rings (SSSR count). The fourth-order valence-electron chi connectivity index (χ4n) is 3.55. The van der Waals surface area contributed by atoms with E-state index in [4.69, 9.17) is 13.9 Å². The molecule has 0 bridgehead atoms. The van der Waals surface area contributed by atoms with Crippen molar-refractivity contribution >= 4 is 17.5 Å². The van der Waals surface area contributed by atoms with Crippen LogP contribution in [0.15, 0.2) is 77.4 Å². The quantitative estimate of drug-likeness (QED) is 0.654. The van der Waals surface area contributed by atoms with E-state index < -0.39 is 23.6 Å². The zero-order valence-electron chi connectivity index (χ0n) is 18.3. The topological polar surface area (TPSA) is 81.0 Å². The van der Waals surface area contributed by atoms with Crippen LogP contribution in [0.3, 0.4) is 0 Å². The van der Waals surface area contributed by atoms with Crippen molar-refractivity contribution in [3.63, 3.8) is 0 Å². The van der Waals surface area contributed by atoms with Crippen molar-refractivity contribution in [2.45, 2.75) is 38.5 Å². The molecule has 0 radical (unpaired) electrons. The van der Waals surface area contributed by atoms with Gasteiger partial charge in [0.15, 0.2) is 17.5 Å². The first-order chi connectivity index (χ1) is 15.3. The Morgan fingerprint density at radius 1 is 0.969 bits per heavy atom. The average molecular weight is 434 g/mol. The van der Waals surface area contributed by atoms with Gasteiger partial charge in [0.2, 0.25) is 6.10 Å². The number of amides is 2. The second-order valence-corrected chi connectivity index (χ2v) is 8.57. The van der Waals surface area contributed by atoms with Crippen LogP contribution in [0, 0.1) is 0 Å². The molecule has 0 aliphatic carbocycles.